The maximum atomic E-state index is 13.4. The predicted molar refractivity (Wildman–Crippen MR) is 112 cm³/mol. The molecule has 1 atom stereocenters. The van der Waals surface area contributed by atoms with Crippen LogP contribution in [0.1, 0.15) is 31.0 Å². The molecule has 1 aliphatic rings. The number of rotatable bonds is 8. The number of likely N-dealkylation sites (N-methyl/N-ethyl adjacent to an activating group) is 1. The average Bonchev–Trinajstić information content (AvgIpc) is 2.74. The molecule has 2 amide bonds. The van der Waals surface area contributed by atoms with E-state index in [0.717, 1.165) is 12.1 Å². The van der Waals surface area contributed by atoms with Gasteiger partial charge in [0.05, 0.1) is 18.2 Å². The first-order chi connectivity index (χ1) is 14.5. The Bertz CT molecular complexity index is 913. The van der Waals surface area contributed by atoms with Gasteiger partial charge in [0.2, 0.25) is 0 Å². The minimum atomic E-state index is -0.719. The zero-order valence-electron chi connectivity index (χ0n) is 17.2. The van der Waals surface area contributed by atoms with Crippen molar-refractivity contribution in [3.05, 3.63) is 82.8 Å². The van der Waals surface area contributed by atoms with E-state index in [-0.39, 0.29) is 12.4 Å². The zero-order chi connectivity index (χ0) is 21.5. The third-order valence-corrected chi connectivity index (χ3v) is 4.93. The summed E-state index contributed by atoms with van der Waals surface area (Å²) in [5.41, 5.74) is 2.56. The fourth-order valence-electron chi connectivity index (χ4n) is 3.44. The fraction of sp³-hybridized carbons (Fsp3) is 0.304. The lowest BCUT2D eigenvalue weighted by Gasteiger charge is -2.32. The maximum Gasteiger partial charge on any atom is 0.338 e. The number of urea groups is 1. The summed E-state index contributed by atoms with van der Waals surface area (Å²) in [5, 5.41) is 5.54. The molecule has 2 aromatic carbocycles. The van der Waals surface area contributed by atoms with Crippen LogP contribution in [0.3, 0.4) is 0 Å². The molecule has 0 saturated heterocycles. The van der Waals surface area contributed by atoms with Gasteiger partial charge in [-0.15, -0.1) is 0 Å². The zero-order valence-corrected chi connectivity index (χ0v) is 17.2. The number of nitrogens with one attached hydrogen (secondary N) is 2. The normalized spacial score (nSPS) is 16.3. The highest BCUT2D eigenvalue weighted by molar-refractivity contribution is 5.95. The predicted octanol–water partition coefficient (Wildman–Crippen LogP) is 3.52. The summed E-state index contributed by atoms with van der Waals surface area (Å²) in [7, 11) is 0. The van der Waals surface area contributed by atoms with Crippen molar-refractivity contribution < 1.29 is 18.7 Å². The number of amides is 2. The van der Waals surface area contributed by atoms with Crippen molar-refractivity contribution in [2.24, 2.45) is 0 Å². The molecule has 0 fully saturated rings. The van der Waals surface area contributed by atoms with Crippen LogP contribution in [0.15, 0.2) is 65.9 Å². The Hall–Kier alpha value is -3.19. The van der Waals surface area contributed by atoms with Crippen LogP contribution in [0.4, 0.5) is 9.18 Å². The van der Waals surface area contributed by atoms with Crippen LogP contribution in [0.5, 0.6) is 0 Å². The van der Waals surface area contributed by atoms with Gasteiger partial charge in [0.15, 0.2) is 0 Å². The highest BCUT2D eigenvalue weighted by Gasteiger charge is 2.34. The second-order valence-electron chi connectivity index (χ2n) is 6.98. The van der Waals surface area contributed by atoms with Gasteiger partial charge >= 0.3 is 12.0 Å². The molecule has 0 spiro atoms. The van der Waals surface area contributed by atoms with Crippen molar-refractivity contribution in [2.45, 2.75) is 26.4 Å². The number of hydrogen-bond acceptors (Lipinski definition) is 4. The SMILES string of the molecule is CCOC(=O)C1=C(CN(CC)Cc2ccccc2)NC(=O)N[C@H]1c1ccc(F)cc1. The van der Waals surface area contributed by atoms with Gasteiger partial charge in [-0.25, -0.2) is 14.0 Å². The lowest BCUT2D eigenvalue weighted by molar-refractivity contribution is -0.139. The van der Waals surface area contributed by atoms with E-state index >= 15 is 0 Å². The number of halogens is 1. The van der Waals surface area contributed by atoms with Gasteiger partial charge in [0.1, 0.15) is 5.82 Å². The van der Waals surface area contributed by atoms with Crippen LogP contribution in [-0.4, -0.2) is 36.6 Å². The number of carbonyl (C=O) groups excluding carboxylic acids is 2. The standard InChI is InChI=1S/C23H26FN3O3/c1-3-27(14-16-8-6-5-7-9-16)15-19-20(22(28)30-4-2)21(26-23(29)25-19)17-10-12-18(24)13-11-17/h5-13,21H,3-4,14-15H2,1-2H3,(H2,25,26,29)/t21-/m0/s1. The van der Waals surface area contributed by atoms with Crippen molar-refractivity contribution in [1.82, 2.24) is 15.5 Å². The molecule has 2 aromatic rings. The fourth-order valence-corrected chi connectivity index (χ4v) is 3.44. The van der Waals surface area contributed by atoms with Crippen LogP contribution >= 0.6 is 0 Å². The van der Waals surface area contributed by atoms with Gasteiger partial charge < -0.3 is 15.4 Å². The molecular formula is C23H26FN3O3. The van der Waals surface area contributed by atoms with Gasteiger partial charge in [0.25, 0.3) is 0 Å². The van der Waals surface area contributed by atoms with Crippen molar-refractivity contribution in [2.75, 3.05) is 19.7 Å². The molecule has 1 aliphatic heterocycles. The van der Waals surface area contributed by atoms with Gasteiger partial charge in [-0.2, -0.15) is 0 Å². The Morgan fingerprint density at radius 1 is 1.07 bits per heavy atom. The van der Waals surface area contributed by atoms with E-state index in [0.29, 0.717) is 29.9 Å². The Labute approximate surface area is 175 Å². The lowest BCUT2D eigenvalue weighted by atomic mass is 9.95. The van der Waals surface area contributed by atoms with E-state index in [4.69, 9.17) is 4.74 Å². The molecule has 0 bridgehead atoms. The third kappa shape index (κ3) is 5.24. The summed E-state index contributed by atoms with van der Waals surface area (Å²) in [6, 6.07) is 14.6. The molecule has 1 heterocycles. The Kier molecular flexibility index (Phi) is 7.19. The number of nitrogens with zero attached hydrogens (tertiary/aromatic N) is 1. The number of hydrogen-bond donors (Lipinski definition) is 2. The topological polar surface area (TPSA) is 70.7 Å². The van der Waals surface area contributed by atoms with E-state index in [1.54, 1.807) is 19.1 Å². The van der Waals surface area contributed by atoms with Crippen molar-refractivity contribution >= 4 is 12.0 Å². The number of ether oxygens (including phenoxy) is 1. The number of carbonyl (C=O) groups is 2. The highest BCUT2D eigenvalue weighted by Crippen LogP contribution is 2.28. The minimum Gasteiger partial charge on any atom is -0.463 e. The largest absolute Gasteiger partial charge is 0.463 e. The average molecular weight is 411 g/mol. The van der Waals surface area contributed by atoms with Crippen molar-refractivity contribution in [3.8, 4) is 0 Å². The van der Waals surface area contributed by atoms with E-state index < -0.39 is 18.0 Å². The van der Waals surface area contributed by atoms with Crippen molar-refractivity contribution in [1.29, 1.82) is 0 Å². The van der Waals surface area contributed by atoms with Crippen LogP contribution in [0.2, 0.25) is 0 Å². The van der Waals surface area contributed by atoms with Crippen molar-refractivity contribution in [3.63, 3.8) is 0 Å². The molecule has 158 valence electrons. The molecule has 7 heteroatoms. The quantitative estimate of drug-likeness (QED) is 0.652. The van der Waals surface area contributed by atoms with Crippen LogP contribution in [0, 0.1) is 5.82 Å². The molecule has 3 rings (SSSR count). The Morgan fingerprint density at radius 3 is 2.40 bits per heavy atom. The molecular weight excluding hydrogens is 385 g/mol. The first kappa shape index (κ1) is 21.5. The molecule has 2 N–H and O–H groups in total. The second kappa shape index (κ2) is 10.0. The third-order valence-electron chi connectivity index (χ3n) is 4.93. The van der Waals surface area contributed by atoms with Crippen LogP contribution in [-0.2, 0) is 16.1 Å². The summed E-state index contributed by atoms with van der Waals surface area (Å²) in [6.07, 6.45) is 0. The first-order valence-corrected chi connectivity index (χ1v) is 10.0. The lowest BCUT2D eigenvalue weighted by Crippen LogP contribution is -2.48. The maximum absolute atomic E-state index is 13.4. The molecule has 0 unspecified atom stereocenters. The highest BCUT2D eigenvalue weighted by atomic mass is 19.1. The molecule has 6 nitrogen and oxygen atoms in total. The molecule has 30 heavy (non-hydrogen) atoms. The molecule has 0 aliphatic carbocycles. The number of esters is 1. The monoisotopic (exact) mass is 411 g/mol. The number of benzene rings is 2. The van der Waals surface area contributed by atoms with Gasteiger partial charge in [-0.05, 0) is 36.7 Å². The van der Waals surface area contributed by atoms with Gasteiger partial charge in [0, 0.05) is 18.8 Å². The second-order valence-corrected chi connectivity index (χ2v) is 6.98. The van der Waals surface area contributed by atoms with E-state index in [1.807, 2.05) is 37.3 Å². The van der Waals surface area contributed by atoms with E-state index in [2.05, 4.69) is 15.5 Å². The summed E-state index contributed by atoms with van der Waals surface area (Å²) in [5.74, 6) is -0.897. The summed E-state index contributed by atoms with van der Waals surface area (Å²) in [6.45, 7) is 5.72. The summed E-state index contributed by atoms with van der Waals surface area (Å²) >= 11 is 0. The Balaban J connectivity index is 1.96. The Morgan fingerprint density at radius 2 is 1.77 bits per heavy atom. The first-order valence-electron chi connectivity index (χ1n) is 10.0. The van der Waals surface area contributed by atoms with E-state index in [9.17, 15) is 14.0 Å². The molecule has 0 saturated carbocycles. The smallest absolute Gasteiger partial charge is 0.338 e. The summed E-state index contributed by atoms with van der Waals surface area (Å²) in [4.78, 5) is 27.3. The van der Waals surface area contributed by atoms with E-state index in [1.165, 1.54) is 12.1 Å². The van der Waals surface area contributed by atoms with Gasteiger partial charge in [-0.3, -0.25) is 4.90 Å². The molecule has 0 radical (unpaired) electrons. The van der Waals surface area contributed by atoms with Gasteiger partial charge in [-0.1, -0.05) is 49.4 Å². The minimum absolute atomic E-state index is 0.210. The molecule has 0 aromatic heterocycles. The van der Waals surface area contributed by atoms with Crippen LogP contribution in [0.25, 0.3) is 0 Å². The summed E-state index contributed by atoms with van der Waals surface area (Å²) < 4.78 is 18.7. The van der Waals surface area contributed by atoms with Crippen LogP contribution < -0.4 is 10.6 Å².